The molecule has 0 saturated heterocycles. The molecule has 2 aromatic rings. The van der Waals surface area contributed by atoms with Gasteiger partial charge in [-0.05, 0) is 67.1 Å². The van der Waals surface area contributed by atoms with Crippen LogP contribution in [0.3, 0.4) is 0 Å². The number of H-pyrrole nitrogens is 1. The van der Waals surface area contributed by atoms with E-state index in [1.807, 2.05) is 31.2 Å². The van der Waals surface area contributed by atoms with Crippen LogP contribution in [0.4, 0.5) is 0 Å². The first-order valence-electron chi connectivity index (χ1n) is 16.9. The number of methoxy groups -OCH3 is 1. The van der Waals surface area contributed by atoms with Gasteiger partial charge in [0.2, 0.25) is 11.7 Å². The molecule has 3 fully saturated rings. The summed E-state index contributed by atoms with van der Waals surface area (Å²) >= 11 is 0. The minimum Gasteiger partial charge on any atom is -0.467 e. The summed E-state index contributed by atoms with van der Waals surface area (Å²) in [5, 5.41) is 15.4. The second kappa shape index (κ2) is 12.7. The quantitative estimate of drug-likeness (QED) is 0.322. The lowest BCUT2D eigenvalue weighted by atomic mass is 9.46. The molecule has 6 rings (SSSR count). The van der Waals surface area contributed by atoms with E-state index in [0.717, 1.165) is 34.9 Å². The van der Waals surface area contributed by atoms with Gasteiger partial charge in [0, 0.05) is 54.1 Å². The van der Waals surface area contributed by atoms with Crippen molar-refractivity contribution < 1.29 is 43.3 Å². The summed E-state index contributed by atoms with van der Waals surface area (Å²) in [6.07, 6.45) is 6.38. The van der Waals surface area contributed by atoms with E-state index < -0.39 is 47.3 Å². The Morgan fingerprint density at radius 1 is 1.06 bits per heavy atom. The van der Waals surface area contributed by atoms with Crippen LogP contribution < -0.4 is 5.32 Å². The number of benzene rings is 1. The van der Waals surface area contributed by atoms with Crippen molar-refractivity contribution >= 4 is 46.1 Å². The monoisotopic (exact) mass is 660 g/mol. The summed E-state index contributed by atoms with van der Waals surface area (Å²) < 4.78 is 10.1. The number of allylic oxidation sites excluding steroid dienone is 1. The molecule has 1 aromatic carbocycles. The van der Waals surface area contributed by atoms with Gasteiger partial charge in [-0.15, -0.1) is 0 Å². The van der Waals surface area contributed by atoms with Gasteiger partial charge in [-0.3, -0.25) is 24.0 Å². The molecule has 11 heteroatoms. The van der Waals surface area contributed by atoms with Gasteiger partial charge in [-0.1, -0.05) is 37.6 Å². The summed E-state index contributed by atoms with van der Waals surface area (Å²) in [5.41, 5.74) is -0.439. The number of aliphatic hydroxyl groups is 1. The number of aromatic nitrogens is 1. The molecule has 4 aliphatic rings. The number of para-hydroxylation sites is 1. The number of Topliss-reactive ketones (excluding diaryl/α,β-unsaturated/α-hetero) is 2. The molecule has 7 atom stereocenters. The van der Waals surface area contributed by atoms with Gasteiger partial charge in [0.15, 0.2) is 12.4 Å². The number of esters is 2. The molecule has 3 saturated carbocycles. The number of ether oxygens (including phenoxy) is 2. The molecule has 256 valence electrons. The van der Waals surface area contributed by atoms with Crippen molar-refractivity contribution in [3.63, 3.8) is 0 Å². The van der Waals surface area contributed by atoms with Crippen LogP contribution in [0, 0.1) is 28.6 Å². The van der Waals surface area contributed by atoms with E-state index in [9.17, 15) is 33.9 Å². The molecule has 0 radical (unpaired) electrons. The molecule has 0 aliphatic heterocycles. The predicted molar refractivity (Wildman–Crippen MR) is 173 cm³/mol. The van der Waals surface area contributed by atoms with Crippen molar-refractivity contribution in [1.82, 2.24) is 10.3 Å². The Bertz CT molecular complexity index is 1710. The lowest BCUT2D eigenvalue weighted by Gasteiger charge is -2.57. The van der Waals surface area contributed by atoms with E-state index >= 15 is 0 Å². The molecule has 1 aromatic heterocycles. The maximum atomic E-state index is 13.8. The van der Waals surface area contributed by atoms with Crippen LogP contribution in [-0.2, 0) is 44.7 Å². The number of ketones is 3. The van der Waals surface area contributed by atoms with E-state index in [2.05, 4.69) is 17.2 Å². The van der Waals surface area contributed by atoms with Crippen LogP contribution in [0.5, 0.6) is 0 Å². The van der Waals surface area contributed by atoms with Crippen molar-refractivity contribution in [2.24, 2.45) is 28.6 Å². The Balaban J connectivity index is 1.04. The fraction of sp³-hybridized carbons (Fsp3) is 0.568. The Morgan fingerprint density at radius 3 is 2.60 bits per heavy atom. The van der Waals surface area contributed by atoms with E-state index in [4.69, 9.17) is 9.47 Å². The highest BCUT2D eigenvalue weighted by Crippen LogP contribution is 2.66. The minimum atomic E-state index is -1.83. The zero-order valence-corrected chi connectivity index (χ0v) is 27.8. The summed E-state index contributed by atoms with van der Waals surface area (Å²) in [4.78, 5) is 80.5. The maximum absolute atomic E-state index is 13.8. The summed E-state index contributed by atoms with van der Waals surface area (Å²) in [6.45, 7) is 3.24. The van der Waals surface area contributed by atoms with Gasteiger partial charge < -0.3 is 24.9 Å². The van der Waals surface area contributed by atoms with Crippen molar-refractivity contribution in [3.8, 4) is 0 Å². The van der Waals surface area contributed by atoms with E-state index in [0.29, 0.717) is 19.3 Å². The fourth-order valence-electron chi connectivity index (χ4n) is 9.52. The van der Waals surface area contributed by atoms with Crippen molar-refractivity contribution in [2.45, 2.75) is 89.7 Å². The highest BCUT2D eigenvalue weighted by atomic mass is 16.5. The summed E-state index contributed by atoms with van der Waals surface area (Å²) in [6, 6.07) is 6.60. The first kappa shape index (κ1) is 33.8. The third-order valence-electron chi connectivity index (χ3n) is 12.1. The topological polar surface area (TPSA) is 169 Å². The van der Waals surface area contributed by atoms with Crippen LogP contribution in [-0.4, -0.2) is 70.6 Å². The number of hydrogen-bond donors (Lipinski definition) is 3. The van der Waals surface area contributed by atoms with Gasteiger partial charge in [-0.25, -0.2) is 4.79 Å². The number of hydrogen-bond acceptors (Lipinski definition) is 9. The van der Waals surface area contributed by atoms with Crippen LogP contribution in [0.25, 0.3) is 10.9 Å². The minimum absolute atomic E-state index is 0.000674. The van der Waals surface area contributed by atoms with Gasteiger partial charge >= 0.3 is 11.9 Å². The number of carbonyl (C=O) groups is 6. The number of nitrogens with one attached hydrogen (secondary N) is 2. The lowest BCUT2D eigenvalue weighted by molar-refractivity contribution is -0.173. The third-order valence-corrected chi connectivity index (χ3v) is 12.1. The van der Waals surface area contributed by atoms with Crippen molar-refractivity contribution in [1.29, 1.82) is 0 Å². The molecule has 1 heterocycles. The molecule has 1 amide bonds. The van der Waals surface area contributed by atoms with Gasteiger partial charge in [-0.2, -0.15) is 0 Å². The summed E-state index contributed by atoms with van der Waals surface area (Å²) in [5.74, 6) is -2.80. The third kappa shape index (κ3) is 5.69. The Labute approximate surface area is 279 Å². The highest BCUT2D eigenvalue weighted by Gasteiger charge is 2.68. The lowest BCUT2D eigenvalue weighted by Crippen LogP contribution is -2.61. The zero-order chi connectivity index (χ0) is 34.4. The number of amides is 1. The smallest absolute Gasteiger partial charge is 0.328 e. The second-order valence-corrected chi connectivity index (χ2v) is 14.6. The normalized spacial score (nSPS) is 31.6. The van der Waals surface area contributed by atoms with Crippen molar-refractivity contribution in [3.05, 3.63) is 47.7 Å². The van der Waals surface area contributed by atoms with Gasteiger partial charge in [0.1, 0.15) is 17.4 Å². The van der Waals surface area contributed by atoms with E-state index in [1.54, 1.807) is 12.3 Å². The fourth-order valence-corrected chi connectivity index (χ4v) is 9.52. The number of aromatic amines is 1. The second-order valence-electron chi connectivity index (χ2n) is 14.6. The number of carbonyl (C=O) groups excluding carboxylic acids is 6. The van der Waals surface area contributed by atoms with Crippen LogP contribution >= 0.6 is 0 Å². The molecular weight excluding hydrogens is 616 g/mol. The molecule has 48 heavy (non-hydrogen) atoms. The molecule has 3 N–H and O–H groups in total. The SMILES string of the molecule is COC(=O)[C@@H](Cc1c[nH]c2ccccc12)NC(=O)CCC(=O)OCC(=O)[C@@]1(O)CC[C@H]2[C@@H]3CCC4=CC(=O)CC[C@]4(C)[C@H]3C(=O)C[C@@]21C. The standard InChI is InChI=1S/C37H44N2O9/c1-35-14-12-23(40)17-22(35)8-9-25-26-13-15-37(46,36(26,2)18-29(41)33(25)35)30(42)20-48-32(44)11-10-31(43)39-28(34(45)47-3)16-21-19-38-27-7-5-4-6-24(21)27/h4-7,17,19,25-26,28,33,38,46H,8-16,18,20H2,1-3H3,(H,39,43)/t25-,26-,28+,33+,35-,36-,37-/m0/s1. The van der Waals surface area contributed by atoms with Crippen LogP contribution in [0.15, 0.2) is 42.1 Å². The van der Waals surface area contributed by atoms with E-state index in [-0.39, 0.29) is 66.8 Å². The average molecular weight is 661 g/mol. The van der Waals surface area contributed by atoms with Crippen molar-refractivity contribution in [2.75, 3.05) is 13.7 Å². The largest absolute Gasteiger partial charge is 0.467 e. The molecule has 4 aliphatic carbocycles. The van der Waals surface area contributed by atoms with Gasteiger partial charge in [0.05, 0.1) is 13.5 Å². The first-order valence-corrected chi connectivity index (χ1v) is 16.9. The maximum Gasteiger partial charge on any atom is 0.328 e. The number of rotatable bonds is 10. The molecule has 11 nitrogen and oxygen atoms in total. The summed E-state index contributed by atoms with van der Waals surface area (Å²) in [7, 11) is 1.23. The first-order chi connectivity index (χ1) is 22.8. The molecule has 0 bridgehead atoms. The zero-order valence-electron chi connectivity index (χ0n) is 27.8. The van der Waals surface area contributed by atoms with Crippen LogP contribution in [0.2, 0.25) is 0 Å². The predicted octanol–water partition coefficient (Wildman–Crippen LogP) is 3.70. The Morgan fingerprint density at radius 2 is 1.83 bits per heavy atom. The molecule has 0 unspecified atom stereocenters. The molecular formula is C37H44N2O9. The average Bonchev–Trinajstić information content (AvgIpc) is 3.59. The van der Waals surface area contributed by atoms with Crippen LogP contribution in [0.1, 0.15) is 77.2 Å². The van der Waals surface area contributed by atoms with Gasteiger partial charge in [0.25, 0.3) is 0 Å². The van der Waals surface area contributed by atoms with E-state index in [1.165, 1.54) is 7.11 Å². The Kier molecular flexibility index (Phi) is 8.95. The Hall–Kier alpha value is -4.12. The highest BCUT2D eigenvalue weighted by molar-refractivity contribution is 5.95. The number of fused-ring (bicyclic) bond motifs is 6. The molecule has 0 spiro atoms.